The number of nitrogens with zero attached hydrogens (tertiary/aromatic N) is 4. The van der Waals surface area contributed by atoms with Crippen molar-refractivity contribution >= 4 is 52.1 Å². The number of nitriles is 1. The molecule has 2 aliphatic rings. The van der Waals surface area contributed by atoms with E-state index in [4.69, 9.17) is 17.0 Å². The molecule has 37 heavy (non-hydrogen) atoms. The normalized spacial score (nSPS) is 18.9. The molecule has 3 heterocycles. The Bertz CT molecular complexity index is 1380. The number of carbonyl (C=O) groups excluding carboxylic acids is 2. The van der Waals surface area contributed by atoms with Crippen LogP contribution in [0.5, 0.6) is 0 Å². The third-order valence-corrected chi connectivity index (χ3v) is 8.02. The second-order valence-electron chi connectivity index (χ2n) is 9.00. The molecule has 8 nitrogen and oxygen atoms in total. The van der Waals surface area contributed by atoms with Crippen LogP contribution in [-0.2, 0) is 27.9 Å². The molecule has 0 aliphatic carbocycles. The summed E-state index contributed by atoms with van der Waals surface area (Å²) < 4.78 is 7.14. The molecule has 2 saturated heterocycles. The molecule has 0 radical (unpaired) electrons. The van der Waals surface area contributed by atoms with Crippen LogP contribution in [0.1, 0.15) is 42.0 Å². The SMILES string of the molecule is CCOC(=O)C1CCCN(c2c(/C=C3\SC(=S)N(Cc4ccccc4)C3=O)c(C)c(C#N)c(=O)n2C)C1. The maximum atomic E-state index is 13.4. The highest BCUT2D eigenvalue weighted by Crippen LogP contribution is 2.37. The molecule has 2 aromatic rings. The van der Waals surface area contributed by atoms with Gasteiger partial charge < -0.3 is 9.64 Å². The molecule has 1 unspecified atom stereocenters. The van der Waals surface area contributed by atoms with Crippen molar-refractivity contribution in [3.05, 3.63) is 67.8 Å². The first-order chi connectivity index (χ1) is 17.8. The van der Waals surface area contributed by atoms with Crippen LogP contribution in [0.25, 0.3) is 6.08 Å². The van der Waals surface area contributed by atoms with Gasteiger partial charge in [-0.15, -0.1) is 0 Å². The lowest BCUT2D eigenvalue weighted by molar-refractivity contribution is -0.148. The van der Waals surface area contributed by atoms with Gasteiger partial charge in [0, 0.05) is 25.7 Å². The molecule has 0 N–H and O–H groups in total. The summed E-state index contributed by atoms with van der Waals surface area (Å²) in [5, 5.41) is 9.72. The summed E-state index contributed by atoms with van der Waals surface area (Å²) in [5.74, 6) is -0.231. The third-order valence-electron chi connectivity index (χ3n) is 6.64. The molecule has 1 amide bonds. The number of hydrogen-bond acceptors (Lipinski definition) is 8. The van der Waals surface area contributed by atoms with E-state index in [0.29, 0.717) is 58.8 Å². The molecular formula is C27H28N4O4S2. The predicted molar refractivity (Wildman–Crippen MR) is 148 cm³/mol. The van der Waals surface area contributed by atoms with Gasteiger partial charge in [0.2, 0.25) is 0 Å². The smallest absolute Gasteiger partial charge is 0.310 e. The first kappa shape index (κ1) is 26.6. The minimum atomic E-state index is -0.415. The maximum Gasteiger partial charge on any atom is 0.310 e. The predicted octanol–water partition coefficient (Wildman–Crippen LogP) is 3.75. The van der Waals surface area contributed by atoms with Crippen molar-refractivity contribution < 1.29 is 14.3 Å². The zero-order valence-electron chi connectivity index (χ0n) is 21.0. The Balaban J connectivity index is 1.76. The van der Waals surface area contributed by atoms with Crippen LogP contribution >= 0.6 is 24.0 Å². The summed E-state index contributed by atoms with van der Waals surface area (Å²) in [6.07, 6.45) is 3.17. The molecule has 1 aromatic carbocycles. The summed E-state index contributed by atoms with van der Waals surface area (Å²) in [7, 11) is 1.61. The van der Waals surface area contributed by atoms with E-state index < -0.39 is 5.56 Å². The van der Waals surface area contributed by atoms with Crippen LogP contribution in [0.2, 0.25) is 0 Å². The standard InChI is InChI=1S/C27H28N4O4S2/c1-4-35-26(34)19-11-8-12-30(16-19)23-20(17(2)21(14-28)24(32)29(23)3)13-22-25(33)31(27(36)37-22)15-18-9-6-5-7-10-18/h5-7,9-10,13,19H,4,8,11-12,15-16H2,1-3H3/b22-13-. The zero-order chi connectivity index (χ0) is 26.7. The fraction of sp³-hybridized carbons (Fsp3) is 0.370. The van der Waals surface area contributed by atoms with Crippen molar-refractivity contribution in [2.45, 2.75) is 33.2 Å². The van der Waals surface area contributed by atoms with Gasteiger partial charge in [-0.25, -0.2) is 0 Å². The number of thiocarbonyl (C=S) groups is 1. The van der Waals surface area contributed by atoms with E-state index in [-0.39, 0.29) is 23.4 Å². The number of carbonyl (C=O) groups is 2. The number of amides is 1. The lowest BCUT2D eigenvalue weighted by Crippen LogP contribution is -2.42. The number of pyridine rings is 1. The number of aromatic nitrogens is 1. The van der Waals surface area contributed by atoms with E-state index in [1.165, 1.54) is 16.3 Å². The van der Waals surface area contributed by atoms with Gasteiger partial charge in [0.25, 0.3) is 11.5 Å². The summed E-state index contributed by atoms with van der Waals surface area (Å²) in [4.78, 5) is 42.9. The molecule has 192 valence electrons. The average Bonchev–Trinajstić information content (AvgIpc) is 3.16. The molecule has 0 bridgehead atoms. The summed E-state index contributed by atoms with van der Waals surface area (Å²) in [6, 6.07) is 11.6. The molecule has 0 spiro atoms. The lowest BCUT2D eigenvalue weighted by Gasteiger charge is -2.35. The Morgan fingerprint density at radius 2 is 2.03 bits per heavy atom. The average molecular weight is 537 g/mol. The fourth-order valence-electron chi connectivity index (χ4n) is 4.75. The molecule has 4 rings (SSSR count). The van der Waals surface area contributed by atoms with Crippen LogP contribution < -0.4 is 10.5 Å². The Hall–Kier alpha value is -3.42. The quantitative estimate of drug-likeness (QED) is 0.313. The first-order valence-electron chi connectivity index (χ1n) is 12.1. The number of thioether (sulfide) groups is 1. The van der Waals surface area contributed by atoms with Crippen molar-refractivity contribution in [2.75, 3.05) is 24.6 Å². The van der Waals surface area contributed by atoms with Crippen LogP contribution in [0.3, 0.4) is 0 Å². The molecular weight excluding hydrogens is 508 g/mol. The maximum absolute atomic E-state index is 13.4. The minimum absolute atomic E-state index is 0.0243. The highest BCUT2D eigenvalue weighted by molar-refractivity contribution is 8.26. The Morgan fingerprint density at radius 3 is 2.70 bits per heavy atom. The van der Waals surface area contributed by atoms with Gasteiger partial charge in [-0.2, -0.15) is 5.26 Å². The molecule has 10 heteroatoms. The monoisotopic (exact) mass is 536 g/mol. The van der Waals surface area contributed by atoms with Crippen molar-refractivity contribution in [1.29, 1.82) is 5.26 Å². The molecule has 2 aliphatic heterocycles. The van der Waals surface area contributed by atoms with Crippen molar-refractivity contribution in [2.24, 2.45) is 13.0 Å². The summed E-state index contributed by atoms with van der Waals surface area (Å²) >= 11 is 6.72. The lowest BCUT2D eigenvalue weighted by atomic mass is 9.96. The Kier molecular flexibility index (Phi) is 8.15. The van der Waals surface area contributed by atoms with E-state index >= 15 is 0 Å². The number of piperidine rings is 1. The third kappa shape index (κ3) is 5.33. The highest BCUT2D eigenvalue weighted by Gasteiger charge is 2.34. The van der Waals surface area contributed by atoms with Gasteiger partial charge >= 0.3 is 5.97 Å². The minimum Gasteiger partial charge on any atom is -0.466 e. The van der Waals surface area contributed by atoms with Gasteiger partial charge in [-0.1, -0.05) is 54.3 Å². The number of ether oxygens (including phenoxy) is 1. The summed E-state index contributed by atoms with van der Waals surface area (Å²) in [5.41, 5.74) is 1.66. The molecule has 2 fully saturated rings. The topological polar surface area (TPSA) is 95.6 Å². The second-order valence-corrected chi connectivity index (χ2v) is 10.7. The van der Waals surface area contributed by atoms with Gasteiger partial charge in [0.15, 0.2) is 0 Å². The number of benzene rings is 1. The number of rotatable bonds is 6. The number of hydrogen-bond donors (Lipinski definition) is 0. The summed E-state index contributed by atoms with van der Waals surface area (Å²) in [6.45, 7) is 5.17. The van der Waals surface area contributed by atoms with Crippen LogP contribution in [0, 0.1) is 24.2 Å². The van der Waals surface area contributed by atoms with Crippen LogP contribution in [-0.4, -0.2) is 45.4 Å². The van der Waals surface area contributed by atoms with Gasteiger partial charge in [0.05, 0.1) is 24.0 Å². The first-order valence-corrected chi connectivity index (χ1v) is 13.3. The van der Waals surface area contributed by atoms with E-state index in [9.17, 15) is 19.6 Å². The second kappa shape index (κ2) is 11.3. The van der Waals surface area contributed by atoms with E-state index in [1.807, 2.05) is 41.3 Å². The van der Waals surface area contributed by atoms with Gasteiger partial charge in [0.1, 0.15) is 21.8 Å². The fourth-order valence-corrected chi connectivity index (χ4v) is 5.99. The zero-order valence-corrected chi connectivity index (χ0v) is 22.7. The number of esters is 1. The van der Waals surface area contributed by atoms with E-state index in [2.05, 4.69) is 0 Å². The van der Waals surface area contributed by atoms with Crippen LogP contribution in [0.15, 0.2) is 40.0 Å². The molecule has 1 atom stereocenters. The highest BCUT2D eigenvalue weighted by atomic mass is 32.2. The molecule has 1 aromatic heterocycles. The Morgan fingerprint density at radius 1 is 1.30 bits per heavy atom. The molecule has 0 saturated carbocycles. The van der Waals surface area contributed by atoms with Crippen LogP contribution in [0.4, 0.5) is 5.82 Å². The van der Waals surface area contributed by atoms with E-state index in [1.54, 1.807) is 31.9 Å². The van der Waals surface area contributed by atoms with Gasteiger partial charge in [-0.3, -0.25) is 23.9 Å². The van der Waals surface area contributed by atoms with Gasteiger partial charge in [-0.05, 0) is 43.9 Å². The number of anilines is 1. The van der Waals surface area contributed by atoms with Crippen molar-refractivity contribution in [3.8, 4) is 6.07 Å². The van der Waals surface area contributed by atoms with E-state index in [0.717, 1.165) is 12.0 Å². The van der Waals surface area contributed by atoms with Crippen molar-refractivity contribution in [3.63, 3.8) is 0 Å². The largest absolute Gasteiger partial charge is 0.466 e. The van der Waals surface area contributed by atoms with Crippen molar-refractivity contribution in [1.82, 2.24) is 9.47 Å². The Labute approximate surface area is 225 Å².